The Morgan fingerprint density at radius 3 is 2.65 bits per heavy atom. The fourth-order valence-corrected chi connectivity index (χ4v) is 2.26. The first-order chi connectivity index (χ1) is 8.06. The van der Waals surface area contributed by atoms with E-state index in [0.717, 1.165) is 12.0 Å². The van der Waals surface area contributed by atoms with E-state index in [1.807, 2.05) is 11.8 Å². The van der Waals surface area contributed by atoms with Crippen molar-refractivity contribution in [2.75, 3.05) is 6.54 Å². The Morgan fingerprint density at radius 1 is 1.47 bits per heavy atom. The van der Waals surface area contributed by atoms with E-state index in [2.05, 4.69) is 0 Å². The second-order valence-corrected chi connectivity index (χ2v) is 4.69. The van der Waals surface area contributed by atoms with Gasteiger partial charge in [-0.05, 0) is 31.0 Å². The van der Waals surface area contributed by atoms with Gasteiger partial charge in [0.25, 0.3) is 0 Å². The molecule has 0 aliphatic carbocycles. The van der Waals surface area contributed by atoms with E-state index >= 15 is 0 Å². The van der Waals surface area contributed by atoms with Gasteiger partial charge in [-0.15, -0.1) is 0 Å². The molecule has 0 spiro atoms. The predicted octanol–water partition coefficient (Wildman–Crippen LogP) is 1.32. The summed E-state index contributed by atoms with van der Waals surface area (Å²) in [7, 11) is 0. The van der Waals surface area contributed by atoms with Crippen molar-refractivity contribution in [1.82, 2.24) is 4.90 Å². The molecule has 1 aliphatic heterocycles. The number of amides is 1. The van der Waals surface area contributed by atoms with E-state index in [1.165, 1.54) is 12.1 Å². The molecule has 1 aliphatic rings. The fourth-order valence-electron chi connectivity index (χ4n) is 2.26. The van der Waals surface area contributed by atoms with E-state index < -0.39 is 0 Å². The van der Waals surface area contributed by atoms with Crippen LogP contribution in [0.4, 0.5) is 4.39 Å². The van der Waals surface area contributed by atoms with Crippen LogP contribution in [0.5, 0.6) is 0 Å². The monoisotopic (exact) mass is 236 g/mol. The van der Waals surface area contributed by atoms with Crippen molar-refractivity contribution >= 4 is 5.91 Å². The fraction of sp³-hybridized carbons (Fsp3) is 0.462. The lowest BCUT2D eigenvalue weighted by atomic mass is 10.1. The Hall–Kier alpha value is -1.42. The Kier molecular flexibility index (Phi) is 3.43. The van der Waals surface area contributed by atoms with Gasteiger partial charge in [0.15, 0.2) is 0 Å². The van der Waals surface area contributed by atoms with Gasteiger partial charge in [-0.3, -0.25) is 4.79 Å². The van der Waals surface area contributed by atoms with E-state index in [9.17, 15) is 9.18 Å². The zero-order chi connectivity index (χ0) is 12.4. The SMILES string of the molecule is CC(Cc1ccc(F)cc1)N1CC(N)CC1=O. The topological polar surface area (TPSA) is 46.3 Å². The molecule has 1 aromatic rings. The molecular weight excluding hydrogens is 219 g/mol. The van der Waals surface area contributed by atoms with Crippen molar-refractivity contribution in [2.24, 2.45) is 5.73 Å². The van der Waals surface area contributed by atoms with Gasteiger partial charge in [0.2, 0.25) is 5.91 Å². The molecule has 0 aromatic heterocycles. The molecule has 1 fully saturated rings. The number of carbonyl (C=O) groups excluding carboxylic acids is 1. The van der Waals surface area contributed by atoms with E-state index in [1.54, 1.807) is 12.1 Å². The molecule has 1 aromatic carbocycles. The van der Waals surface area contributed by atoms with Crippen LogP contribution in [0.2, 0.25) is 0 Å². The Morgan fingerprint density at radius 2 is 2.12 bits per heavy atom. The zero-order valence-electron chi connectivity index (χ0n) is 9.90. The molecule has 2 atom stereocenters. The molecule has 2 unspecified atom stereocenters. The maximum Gasteiger partial charge on any atom is 0.224 e. The van der Waals surface area contributed by atoms with Crippen molar-refractivity contribution in [3.05, 3.63) is 35.6 Å². The van der Waals surface area contributed by atoms with Crippen molar-refractivity contribution in [3.8, 4) is 0 Å². The average Bonchev–Trinajstić information content (AvgIpc) is 2.61. The van der Waals surface area contributed by atoms with Crippen LogP contribution in [0.3, 0.4) is 0 Å². The van der Waals surface area contributed by atoms with Gasteiger partial charge in [-0.2, -0.15) is 0 Å². The number of halogens is 1. The summed E-state index contributed by atoms with van der Waals surface area (Å²) in [5, 5.41) is 0. The van der Waals surface area contributed by atoms with E-state index in [4.69, 9.17) is 5.73 Å². The van der Waals surface area contributed by atoms with Crippen LogP contribution in [-0.4, -0.2) is 29.4 Å². The number of benzene rings is 1. The molecule has 3 nitrogen and oxygen atoms in total. The minimum atomic E-state index is -0.235. The molecule has 1 heterocycles. The maximum atomic E-state index is 12.8. The van der Waals surface area contributed by atoms with Crippen LogP contribution in [-0.2, 0) is 11.2 Å². The predicted molar refractivity (Wildman–Crippen MR) is 63.9 cm³/mol. The second-order valence-electron chi connectivity index (χ2n) is 4.69. The lowest BCUT2D eigenvalue weighted by Crippen LogP contribution is -2.37. The molecule has 17 heavy (non-hydrogen) atoms. The molecule has 0 saturated carbocycles. The molecule has 92 valence electrons. The second kappa shape index (κ2) is 4.84. The molecular formula is C13H17FN2O. The van der Waals surface area contributed by atoms with Crippen LogP contribution >= 0.6 is 0 Å². The van der Waals surface area contributed by atoms with Crippen molar-refractivity contribution < 1.29 is 9.18 Å². The minimum absolute atomic E-state index is 0.0434. The normalized spacial score (nSPS) is 21.9. The molecule has 1 saturated heterocycles. The molecule has 4 heteroatoms. The van der Waals surface area contributed by atoms with Gasteiger partial charge in [0.1, 0.15) is 5.82 Å². The van der Waals surface area contributed by atoms with Gasteiger partial charge in [0.05, 0.1) is 0 Å². The summed E-state index contributed by atoms with van der Waals surface area (Å²) in [4.78, 5) is 13.5. The van der Waals surface area contributed by atoms with Crippen LogP contribution in [0.25, 0.3) is 0 Å². The van der Waals surface area contributed by atoms with Gasteiger partial charge in [-0.25, -0.2) is 4.39 Å². The highest BCUT2D eigenvalue weighted by molar-refractivity contribution is 5.79. The van der Waals surface area contributed by atoms with Crippen molar-refractivity contribution in [3.63, 3.8) is 0 Å². The highest BCUT2D eigenvalue weighted by Crippen LogP contribution is 2.16. The zero-order valence-corrected chi connectivity index (χ0v) is 9.90. The summed E-state index contributed by atoms with van der Waals surface area (Å²) in [5.41, 5.74) is 6.79. The van der Waals surface area contributed by atoms with Crippen LogP contribution in [0.15, 0.2) is 24.3 Å². The number of rotatable bonds is 3. The van der Waals surface area contributed by atoms with E-state index in [-0.39, 0.29) is 23.8 Å². The minimum Gasteiger partial charge on any atom is -0.338 e. The molecule has 2 rings (SSSR count). The average molecular weight is 236 g/mol. The van der Waals surface area contributed by atoms with Crippen LogP contribution in [0, 0.1) is 5.82 Å². The number of nitrogens with two attached hydrogens (primary N) is 1. The number of carbonyl (C=O) groups is 1. The van der Waals surface area contributed by atoms with Gasteiger partial charge >= 0.3 is 0 Å². The summed E-state index contributed by atoms with van der Waals surface area (Å²) >= 11 is 0. The first kappa shape index (κ1) is 12.0. The number of hydrogen-bond donors (Lipinski definition) is 1. The van der Waals surface area contributed by atoms with Crippen molar-refractivity contribution in [2.45, 2.75) is 31.8 Å². The Bertz CT molecular complexity index is 404. The smallest absolute Gasteiger partial charge is 0.224 e. The summed E-state index contributed by atoms with van der Waals surface area (Å²) in [6.07, 6.45) is 1.17. The molecule has 2 N–H and O–H groups in total. The van der Waals surface area contributed by atoms with E-state index in [0.29, 0.717) is 13.0 Å². The van der Waals surface area contributed by atoms with Crippen LogP contribution < -0.4 is 5.73 Å². The molecule has 0 radical (unpaired) electrons. The van der Waals surface area contributed by atoms with Gasteiger partial charge in [-0.1, -0.05) is 12.1 Å². The summed E-state index contributed by atoms with van der Waals surface area (Å²) in [6.45, 7) is 2.63. The summed E-state index contributed by atoms with van der Waals surface area (Å²) in [5.74, 6) is -0.118. The third-order valence-electron chi connectivity index (χ3n) is 3.16. The summed E-state index contributed by atoms with van der Waals surface area (Å²) < 4.78 is 12.8. The third kappa shape index (κ3) is 2.82. The first-order valence-corrected chi connectivity index (χ1v) is 5.86. The highest BCUT2D eigenvalue weighted by atomic mass is 19.1. The largest absolute Gasteiger partial charge is 0.338 e. The third-order valence-corrected chi connectivity index (χ3v) is 3.16. The lowest BCUT2D eigenvalue weighted by Gasteiger charge is -2.24. The lowest BCUT2D eigenvalue weighted by molar-refractivity contribution is -0.129. The first-order valence-electron chi connectivity index (χ1n) is 5.86. The number of likely N-dealkylation sites (tertiary alicyclic amines) is 1. The van der Waals surface area contributed by atoms with Gasteiger partial charge < -0.3 is 10.6 Å². The van der Waals surface area contributed by atoms with Gasteiger partial charge in [0, 0.05) is 25.0 Å². The molecule has 1 amide bonds. The quantitative estimate of drug-likeness (QED) is 0.860. The highest BCUT2D eigenvalue weighted by Gasteiger charge is 2.30. The van der Waals surface area contributed by atoms with Crippen LogP contribution in [0.1, 0.15) is 18.9 Å². The number of nitrogens with zero attached hydrogens (tertiary/aromatic N) is 1. The number of hydrogen-bond acceptors (Lipinski definition) is 2. The molecule has 0 bridgehead atoms. The maximum absolute atomic E-state index is 12.8. The van der Waals surface area contributed by atoms with Crippen molar-refractivity contribution in [1.29, 1.82) is 0 Å². The Labute approximate surface area is 100 Å². The Balaban J connectivity index is 1.99. The summed E-state index contributed by atoms with van der Waals surface area (Å²) in [6, 6.07) is 6.47. The standard InChI is InChI=1S/C13H17FN2O/c1-9(16-8-12(15)7-13(16)17)6-10-2-4-11(14)5-3-10/h2-5,9,12H,6-8,15H2,1H3.